The highest BCUT2D eigenvalue weighted by molar-refractivity contribution is 6.01. The molecule has 0 bridgehead atoms. The molecule has 3 atom stereocenters. The monoisotopic (exact) mass is 452 g/mol. The number of ketones is 1. The molecule has 1 saturated heterocycles. The SMILES string of the molecule is CN[C@@H](CC(C)C)C(=O)NC(C)C(=O)N[C@@H](CCCCN1C(=O)CCC1=O)C(=O)C(C)C. The fourth-order valence-corrected chi connectivity index (χ4v) is 3.68. The van der Waals surface area contributed by atoms with Crippen LogP contribution in [0.3, 0.4) is 0 Å². The van der Waals surface area contributed by atoms with Crippen molar-refractivity contribution in [3.63, 3.8) is 0 Å². The van der Waals surface area contributed by atoms with Gasteiger partial charge in [-0.1, -0.05) is 27.7 Å². The average Bonchev–Trinajstić information content (AvgIpc) is 3.04. The predicted octanol–water partition coefficient (Wildman–Crippen LogP) is 1.15. The van der Waals surface area contributed by atoms with Crippen molar-refractivity contribution in [1.82, 2.24) is 20.9 Å². The van der Waals surface area contributed by atoms with E-state index in [4.69, 9.17) is 0 Å². The fourth-order valence-electron chi connectivity index (χ4n) is 3.68. The lowest BCUT2D eigenvalue weighted by molar-refractivity contribution is -0.138. The normalized spacial score (nSPS) is 16.9. The third-order valence-corrected chi connectivity index (χ3v) is 5.63. The molecule has 3 N–H and O–H groups in total. The molecule has 1 aliphatic rings. The second-order valence-electron chi connectivity index (χ2n) is 9.25. The third kappa shape index (κ3) is 8.68. The van der Waals surface area contributed by atoms with E-state index >= 15 is 0 Å². The maximum absolute atomic E-state index is 12.7. The van der Waals surface area contributed by atoms with Gasteiger partial charge in [-0.15, -0.1) is 0 Å². The Morgan fingerprint density at radius 1 is 0.875 bits per heavy atom. The van der Waals surface area contributed by atoms with Crippen LogP contribution in [0.15, 0.2) is 0 Å². The van der Waals surface area contributed by atoms with Crippen molar-refractivity contribution in [3.8, 4) is 0 Å². The van der Waals surface area contributed by atoms with Gasteiger partial charge in [0.1, 0.15) is 6.04 Å². The van der Waals surface area contributed by atoms with E-state index in [1.807, 2.05) is 13.8 Å². The summed E-state index contributed by atoms with van der Waals surface area (Å²) in [6.07, 6.45) is 2.73. The van der Waals surface area contributed by atoms with Gasteiger partial charge >= 0.3 is 0 Å². The first-order valence-electron chi connectivity index (χ1n) is 11.6. The minimum atomic E-state index is -0.784. The summed E-state index contributed by atoms with van der Waals surface area (Å²) in [7, 11) is 1.71. The Balaban J connectivity index is 2.61. The molecule has 0 aromatic heterocycles. The highest BCUT2D eigenvalue weighted by Crippen LogP contribution is 2.14. The molecule has 32 heavy (non-hydrogen) atoms. The quantitative estimate of drug-likeness (QED) is 0.268. The Hall–Kier alpha value is -2.29. The number of nitrogens with zero attached hydrogens (tertiary/aromatic N) is 1. The lowest BCUT2D eigenvalue weighted by Gasteiger charge is -2.24. The van der Waals surface area contributed by atoms with Crippen LogP contribution >= 0.6 is 0 Å². The topological polar surface area (TPSA) is 125 Å². The van der Waals surface area contributed by atoms with Crippen molar-refractivity contribution in [2.24, 2.45) is 11.8 Å². The van der Waals surface area contributed by atoms with Crippen LogP contribution in [0.25, 0.3) is 0 Å². The number of rotatable bonds is 14. The van der Waals surface area contributed by atoms with Gasteiger partial charge in [0.05, 0.1) is 12.1 Å². The molecule has 0 spiro atoms. The van der Waals surface area contributed by atoms with Crippen molar-refractivity contribution >= 4 is 29.4 Å². The number of amides is 4. The number of nitrogens with one attached hydrogen (secondary N) is 3. The fraction of sp³-hybridized carbons (Fsp3) is 0.783. The number of Topliss-reactive ketones (excluding diaryl/α,β-unsaturated/α-hetero) is 1. The van der Waals surface area contributed by atoms with Gasteiger partial charge in [-0.2, -0.15) is 0 Å². The number of likely N-dealkylation sites (tertiary alicyclic amines) is 1. The largest absolute Gasteiger partial charge is 0.345 e. The first-order chi connectivity index (χ1) is 15.0. The highest BCUT2D eigenvalue weighted by atomic mass is 16.2. The first-order valence-corrected chi connectivity index (χ1v) is 11.6. The molecule has 1 aliphatic heterocycles. The lowest BCUT2D eigenvalue weighted by atomic mass is 9.96. The van der Waals surface area contributed by atoms with E-state index in [1.165, 1.54) is 4.90 Å². The molecule has 0 aromatic carbocycles. The molecule has 0 saturated carbocycles. The number of hydrogen-bond acceptors (Lipinski definition) is 6. The Morgan fingerprint density at radius 3 is 1.97 bits per heavy atom. The van der Waals surface area contributed by atoms with Gasteiger partial charge in [0.2, 0.25) is 23.6 Å². The van der Waals surface area contributed by atoms with Crippen molar-refractivity contribution in [3.05, 3.63) is 0 Å². The maximum atomic E-state index is 12.7. The zero-order valence-corrected chi connectivity index (χ0v) is 20.3. The number of likely N-dealkylation sites (N-methyl/N-ethyl adjacent to an activating group) is 1. The number of unbranched alkanes of at least 4 members (excludes halogenated alkanes) is 1. The summed E-state index contributed by atoms with van der Waals surface area (Å²) in [6.45, 7) is 9.52. The molecular formula is C23H40N4O5. The summed E-state index contributed by atoms with van der Waals surface area (Å²) in [5.74, 6) is -0.997. The van der Waals surface area contributed by atoms with Crippen LogP contribution < -0.4 is 16.0 Å². The molecule has 182 valence electrons. The number of carbonyl (C=O) groups is 5. The molecule has 0 aliphatic carbocycles. The number of hydrogen-bond donors (Lipinski definition) is 3. The van der Waals surface area contributed by atoms with E-state index in [2.05, 4.69) is 16.0 Å². The van der Waals surface area contributed by atoms with Crippen LogP contribution in [0, 0.1) is 11.8 Å². The van der Waals surface area contributed by atoms with E-state index in [1.54, 1.807) is 27.8 Å². The first kappa shape index (κ1) is 27.7. The van der Waals surface area contributed by atoms with Gasteiger partial charge in [0.15, 0.2) is 5.78 Å². The summed E-state index contributed by atoms with van der Waals surface area (Å²) >= 11 is 0. The van der Waals surface area contributed by atoms with E-state index < -0.39 is 24.0 Å². The number of imide groups is 1. The van der Waals surface area contributed by atoms with E-state index in [0.717, 1.165) is 0 Å². The molecule has 9 nitrogen and oxygen atoms in total. The molecular weight excluding hydrogens is 412 g/mol. The van der Waals surface area contributed by atoms with Crippen LogP contribution in [-0.4, -0.2) is 66.0 Å². The predicted molar refractivity (Wildman–Crippen MR) is 121 cm³/mol. The summed E-state index contributed by atoms with van der Waals surface area (Å²) in [6, 6.07) is -1.86. The van der Waals surface area contributed by atoms with Crippen LogP contribution in [0.4, 0.5) is 0 Å². The molecule has 0 radical (unpaired) electrons. The Morgan fingerprint density at radius 2 is 1.47 bits per heavy atom. The van der Waals surface area contributed by atoms with Gasteiger partial charge in [0, 0.05) is 25.3 Å². The lowest BCUT2D eigenvalue weighted by Crippen LogP contribution is -2.54. The van der Waals surface area contributed by atoms with Crippen molar-refractivity contribution in [2.75, 3.05) is 13.6 Å². The molecule has 1 heterocycles. The Bertz CT molecular complexity index is 676. The van der Waals surface area contributed by atoms with E-state index in [0.29, 0.717) is 38.1 Å². The van der Waals surface area contributed by atoms with Gasteiger partial charge in [-0.25, -0.2) is 0 Å². The second-order valence-corrected chi connectivity index (χ2v) is 9.25. The molecule has 1 unspecified atom stereocenters. The van der Waals surface area contributed by atoms with Gasteiger partial charge in [0.25, 0.3) is 0 Å². The molecule has 1 fully saturated rings. The average molecular weight is 453 g/mol. The minimum Gasteiger partial charge on any atom is -0.345 e. The van der Waals surface area contributed by atoms with Crippen LogP contribution in [0.1, 0.15) is 73.1 Å². The third-order valence-electron chi connectivity index (χ3n) is 5.63. The number of carbonyl (C=O) groups excluding carboxylic acids is 5. The smallest absolute Gasteiger partial charge is 0.242 e. The van der Waals surface area contributed by atoms with Crippen molar-refractivity contribution < 1.29 is 24.0 Å². The minimum absolute atomic E-state index is 0.0851. The maximum Gasteiger partial charge on any atom is 0.242 e. The summed E-state index contributed by atoms with van der Waals surface area (Å²) in [5, 5.41) is 8.46. The van der Waals surface area contributed by atoms with Gasteiger partial charge < -0.3 is 16.0 Å². The Labute approximate surface area is 191 Å². The Kier molecular flexibility index (Phi) is 11.5. The molecule has 4 amide bonds. The van der Waals surface area contributed by atoms with Crippen molar-refractivity contribution in [2.45, 2.75) is 91.3 Å². The summed E-state index contributed by atoms with van der Waals surface area (Å²) in [5.41, 5.74) is 0. The second kappa shape index (κ2) is 13.3. The van der Waals surface area contributed by atoms with Crippen LogP contribution in [0.2, 0.25) is 0 Å². The zero-order valence-electron chi connectivity index (χ0n) is 20.3. The zero-order chi connectivity index (χ0) is 24.4. The highest BCUT2D eigenvalue weighted by Gasteiger charge is 2.29. The summed E-state index contributed by atoms with van der Waals surface area (Å²) < 4.78 is 0. The van der Waals surface area contributed by atoms with E-state index in [9.17, 15) is 24.0 Å². The van der Waals surface area contributed by atoms with Crippen molar-refractivity contribution in [1.29, 1.82) is 0 Å². The molecule has 1 rings (SSSR count). The van der Waals surface area contributed by atoms with E-state index in [-0.39, 0.29) is 42.3 Å². The molecule has 9 heteroatoms. The summed E-state index contributed by atoms with van der Waals surface area (Å²) in [4.78, 5) is 62.4. The standard InChI is InChI=1S/C23H40N4O5/c1-14(2)13-18(24-6)23(32)25-16(5)22(31)26-17(21(30)15(3)4)9-7-8-12-27-19(28)10-11-20(27)29/h14-18,24H,7-13H2,1-6H3,(H,25,32)(H,26,31)/t16?,17-,18-/m0/s1. The molecule has 0 aromatic rings. The van der Waals surface area contributed by atoms with Gasteiger partial charge in [-0.3, -0.25) is 28.9 Å². The van der Waals surface area contributed by atoms with Gasteiger partial charge in [-0.05, 0) is 45.6 Å². The van der Waals surface area contributed by atoms with Crippen LogP contribution in [-0.2, 0) is 24.0 Å². The van der Waals surface area contributed by atoms with Crippen LogP contribution in [0.5, 0.6) is 0 Å².